The fourth-order valence-corrected chi connectivity index (χ4v) is 2.97. The van der Waals surface area contributed by atoms with Crippen molar-refractivity contribution in [3.05, 3.63) is 0 Å². The van der Waals surface area contributed by atoms with Gasteiger partial charge in [-0.25, -0.2) is 0 Å². The molecule has 0 amide bonds. The fourth-order valence-electron chi connectivity index (χ4n) is 2.97. The lowest BCUT2D eigenvalue weighted by Gasteiger charge is -2.41. The number of rotatable bonds is 7. The summed E-state index contributed by atoms with van der Waals surface area (Å²) < 4.78 is 10.5. The third kappa shape index (κ3) is 4.67. The van der Waals surface area contributed by atoms with E-state index in [2.05, 4.69) is 10.6 Å². The van der Waals surface area contributed by atoms with Gasteiger partial charge in [0.05, 0.1) is 13.2 Å². The zero-order valence-electron chi connectivity index (χ0n) is 14.0. The van der Waals surface area contributed by atoms with Crippen molar-refractivity contribution in [2.24, 2.45) is 0 Å². The minimum atomic E-state index is -1.49. The number of ether oxygens (including phenoxy) is 2. The summed E-state index contributed by atoms with van der Waals surface area (Å²) in [5.74, 6) is 0. The van der Waals surface area contributed by atoms with E-state index in [-0.39, 0.29) is 13.1 Å². The van der Waals surface area contributed by atoms with E-state index < -0.39 is 74.5 Å². The van der Waals surface area contributed by atoms with Gasteiger partial charge < -0.3 is 50.3 Å². The van der Waals surface area contributed by atoms with Gasteiger partial charge in [-0.05, 0) is 0 Å². The highest BCUT2D eigenvalue weighted by atomic mass is 16.6. The first-order valence-electron chi connectivity index (χ1n) is 8.39. The van der Waals surface area contributed by atoms with Crippen molar-refractivity contribution in [3.8, 4) is 0 Å². The molecule has 10 N–H and O–H groups in total. The monoisotopic (exact) mass is 384 g/mol. The predicted octanol–water partition coefficient (Wildman–Crippen LogP) is -6.23. The van der Waals surface area contributed by atoms with E-state index in [1.165, 1.54) is 0 Å². The topological polar surface area (TPSA) is 204 Å². The predicted molar refractivity (Wildman–Crippen MR) is 83.5 cm³/mol. The molecule has 0 aliphatic carbocycles. The van der Waals surface area contributed by atoms with Crippen LogP contribution in [0.25, 0.3) is 0 Å². The third-order valence-corrected chi connectivity index (χ3v) is 4.60. The normalized spacial score (nSPS) is 47.1. The average Bonchev–Trinajstić information content (AvgIpc) is 2.64. The number of aliphatic hydroxyl groups is 8. The lowest BCUT2D eigenvalue weighted by Crippen LogP contribution is -2.64. The molecular weight excluding hydrogens is 356 g/mol. The largest absolute Gasteiger partial charge is 0.394 e. The Morgan fingerprint density at radius 3 is 1.19 bits per heavy atom. The van der Waals surface area contributed by atoms with Crippen molar-refractivity contribution >= 4 is 0 Å². The lowest BCUT2D eigenvalue weighted by molar-refractivity contribution is -0.239. The molecule has 154 valence electrons. The summed E-state index contributed by atoms with van der Waals surface area (Å²) in [4.78, 5) is 0. The SMILES string of the molecule is OC[C@@H]1O[C@H](NCCN[C@@H]2O[C@H](CO)[C@@H](O)[C@@H](O)[C@H]2O)[C@@H](O)[C@@H](O)[C@H]1O. The van der Waals surface area contributed by atoms with Gasteiger partial charge in [-0.1, -0.05) is 0 Å². The second-order valence-electron chi connectivity index (χ2n) is 6.41. The molecule has 10 atom stereocenters. The molecule has 0 saturated carbocycles. The Bertz CT molecular complexity index is 391. The average molecular weight is 384 g/mol. The van der Waals surface area contributed by atoms with Crippen molar-refractivity contribution in [2.75, 3.05) is 26.3 Å². The summed E-state index contributed by atoms with van der Waals surface area (Å²) >= 11 is 0. The summed E-state index contributed by atoms with van der Waals surface area (Å²) in [7, 11) is 0. The summed E-state index contributed by atoms with van der Waals surface area (Å²) in [6.45, 7) is -0.742. The highest BCUT2D eigenvalue weighted by Gasteiger charge is 2.44. The Morgan fingerprint density at radius 2 is 0.885 bits per heavy atom. The Morgan fingerprint density at radius 1 is 0.538 bits per heavy atom. The van der Waals surface area contributed by atoms with E-state index >= 15 is 0 Å². The molecule has 0 spiro atoms. The fraction of sp³-hybridized carbons (Fsp3) is 1.00. The van der Waals surface area contributed by atoms with Crippen LogP contribution in [-0.4, -0.2) is 128 Å². The van der Waals surface area contributed by atoms with E-state index in [1.807, 2.05) is 0 Å². The van der Waals surface area contributed by atoms with Gasteiger partial charge in [0.1, 0.15) is 61.3 Å². The maximum atomic E-state index is 9.89. The van der Waals surface area contributed by atoms with Crippen molar-refractivity contribution in [3.63, 3.8) is 0 Å². The smallest absolute Gasteiger partial charge is 0.137 e. The number of hydrogen-bond donors (Lipinski definition) is 10. The summed E-state index contributed by atoms with van der Waals surface area (Å²) in [6, 6.07) is 0. The molecule has 0 bridgehead atoms. The Kier molecular flexibility index (Phi) is 8.08. The first kappa shape index (κ1) is 21.8. The summed E-state index contributed by atoms with van der Waals surface area (Å²) in [5, 5.41) is 82.4. The number of aliphatic hydroxyl groups excluding tert-OH is 8. The molecule has 12 nitrogen and oxygen atoms in total. The van der Waals surface area contributed by atoms with Crippen molar-refractivity contribution in [1.82, 2.24) is 10.6 Å². The van der Waals surface area contributed by atoms with Gasteiger partial charge in [0.2, 0.25) is 0 Å². The molecule has 0 radical (unpaired) electrons. The van der Waals surface area contributed by atoms with Crippen molar-refractivity contribution in [2.45, 2.75) is 61.3 Å². The summed E-state index contributed by atoms with van der Waals surface area (Å²) in [5.41, 5.74) is 0. The number of nitrogens with one attached hydrogen (secondary N) is 2. The second-order valence-corrected chi connectivity index (χ2v) is 6.41. The first-order chi connectivity index (χ1) is 12.3. The van der Waals surface area contributed by atoms with Crippen LogP contribution in [0.2, 0.25) is 0 Å². The molecule has 2 saturated heterocycles. The maximum Gasteiger partial charge on any atom is 0.137 e. The lowest BCUT2D eigenvalue weighted by atomic mass is 9.98. The molecule has 2 rings (SSSR count). The molecule has 2 fully saturated rings. The minimum Gasteiger partial charge on any atom is -0.394 e. The minimum absolute atomic E-state index is 0.164. The number of hydrogen-bond acceptors (Lipinski definition) is 12. The molecule has 2 aliphatic rings. The van der Waals surface area contributed by atoms with Crippen LogP contribution < -0.4 is 10.6 Å². The van der Waals surface area contributed by atoms with Gasteiger partial charge in [-0.3, -0.25) is 10.6 Å². The van der Waals surface area contributed by atoms with Crippen molar-refractivity contribution in [1.29, 1.82) is 0 Å². The molecular formula is C14H28N2O10. The Hall–Kier alpha value is -0.480. The molecule has 0 aromatic carbocycles. The van der Waals surface area contributed by atoms with Crippen LogP contribution in [0, 0.1) is 0 Å². The standard InChI is InChI=1S/C14H28N2O10/c17-3-5-7(19)9(21)11(23)13(25-5)15-1-2-16-14-12(24)10(22)8(20)6(4-18)26-14/h5-24H,1-4H2/t5-,6+,7-,8+,9-,10+,11-,12+,13-,14+. The van der Waals surface area contributed by atoms with Crippen molar-refractivity contribution < 1.29 is 50.3 Å². The van der Waals surface area contributed by atoms with Gasteiger partial charge >= 0.3 is 0 Å². The molecule has 0 aromatic rings. The molecule has 12 heteroatoms. The van der Waals surface area contributed by atoms with Gasteiger partial charge in [0, 0.05) is 13.1 Å². The van der Waals surface area contributed by atoms with Gasteiger partial charge in [-0.15, -0.1) is 0 Å². The molecule has 0 unspecified atom stereocenters. The summed E-state index contributed by atoms with van der Waals surface area (Å²) in [6.07, 6.45) is -12.8. The van der Waals surface area contributed by atoms with E-state index in [4.69, 9.17) is 19.7 Å². The van der Waals surface area contributed by atoms with Crippen LogP contribution in [0.5, 0.6) is 0 Å². The highest BCUT2D eigenvalue weighted by molar-refractivity contribution is 4.92. The van der Waals surface area contributed by atoms with E-state index in [1.54, 1.807) is 0 Å². The third-order valence-electron chi connectivity index (χ3n) is 4.60. The Balaban J connectivity index is 1.79. The van der Waals surface area contributed by atoms with E-state index in [0.29, 0.717) is 0 Å². The molecule has 2 aliphatic heterocycles. The zero-order valence-corrected chi connectivity index (χ0v) is 14.0. The maximum absolute atomic E-state index is 9.89. The molecule has 0 aromatic heterocycles. The van der Waals surface area contributed by atoms with Crippen LogP contribution in [0.15, 0.2) is 0 Å². The van der Waals surface area contributed by atoms with Crippen LogP contribution in [0.3, 0.4) is 0 Å². The van der Waals surface area contributed by atoms with Crippen LogP contribution in [0.1, 0.15) is 0 Å². The molecule has 2 heterocycles. The van der Waals surface area contributed by atoms with Crippen LogP contribution >= 0.6 is 0 Å². The van der Waals surface area contributed by atoms with Gasteiger partial charge in [-0.2, -0.15) is 0 Å². The second kappa shape index (κ2) is 9.64. The quantitative estimate of drug-likeness (QED) is 0.186. The van der Waals surface area contributed by atoms with Gasteiger partial charge in [0.15, 0.2) is 0 Å². The first-order valence-corrected chi connectivity index (χ1v) is 8.39. The van der Waals surface area contributed by atoms with Crippen LogP contribution in [0.4, 0.5) is 0 Å². The van der Waals surface area contributed by atoms with Gasteiger partial charge in [0.25, 0.3) is 0 Å². The van der Waals surface area contributed by atoms with Crippen LogP contribution in [-0.2, 0) is 9.47 Å². The zero-order chi connectivity index (χ0) is 19.4. The highest BCUT2D eigenvalue weighted by Crippen LogP contribution is 2.20. The van der Waals surface area contributed by atoms with E-state index in [9.17, 15) is 30.6 Å². The molecule has 26 heavy (non-hydrogen) atoms. The Labute approximate surface area is 149 Å². The van der Waals surface area contributed by atoms with E-state index in [0.717, 1.165) is 0 Å².